The molecule has 0 aliphatic carbocycles. The van der Waals surface area contributed by atoms with Crippen molar-refractivity contribution in [1.29, 1.82) is 0 Å². The Kier molecular flexibility index (Phi) is 8.63. The molecular formula is C25H24ClNO5S. The molecule has 3 aromatic rings. The van der Waals surface area contributed by atoms with E-state index in [1.165, 1.54) is 0 Å². The van der Waals surface area contributed by atoms with Gasteiger partial charge in [-0.25, -0.2) is 0 Å². The van der Waals surface area contributed by atoms with E-state index in [2.05, 4.69) is 17.9 Å². The highest BCUT2D eigenvalue weighted by Crippen LogP contribution is 2.35. The van der Waals surface area contributed by atoms with Crippen molar-refractivity contribution in [2.75, 3.05) is 19.0 Å². The molecule has 172 valence electrons. The van der Waals surface area contributed by atoms with E-state index in [1.54, 1.807) is 74.7 Å². The number of esters is 1. The van der Waals surface area contributed by atoms with Gasteiger partial charge in [-0.15, -0.1) is 0 Å². The van der Waals surface area contributed by atoms with Crippen LogP contribution in [0.15, 0.2) is 60.7 Å². The van der Waals surface area contributed by atoms with E-state index in [0.717, 1.165) is 11.1 Å². The summed E-state index contributed by atoms with van der Waals surface area (Å²) >= 11 is 10.3. The lowest BCUT2D eigenvalue weighted by Gasteiger charge is -2.15. The van der Waals surface area contributed by atoms with E-state index in [4.69, 9.17) is 25.8 Å². The van der Waals surface area contributed by atoms with E-state index >= 15 is 0 Å². The first-order valence-electron chi connectivity index (χ1n) is 10.2. The van der Waals surface area contributed by atoms with E-state index in [0.29, 0.717) is 45.9 Å². The molecule has 1 N–H and O–H groups in total. The van der Waals surface area contributed by atoms with Gasteiger partial charge in [-0.2, -0.15) is 12.6 Å². The summed E-state index contributed by atoms with van der Waals surface area (Å²) < 4.78 is 16.5. The molecule has 3 rings (SSSR count). The summed E-state index contributed by atoms with van der Waals surface area (Å²) in [6, 6.07) is 17.2. The molecule has 0 saturated carbocycles. The molecule has 1 amide bonds. The van der Waals surface area contributed by atoms with Gasteiger partial charge in [0.15, 0.2) is 11.5 Å². The zero-order valence-corrected chi connectivity index (χ0v) is 19.9. The number of anilines is 1. The van der Waals surface area contributed by atoms with E-state index < -0.39 is 0 Å². The Morgan fingerprint density at radius 1 is 0.970 bits per heavy atom. The lowest BCUT2D eigenvalue weighted by atomic mass is 10.1. The summed E-state index contributed by atoms with van der Waals surface area (Å²) in [7, 11) is 1.54. The molecule has 0 fully saturated rings. The van der Waals surface area contributed by atoms with Gasteiger partial charge in [0.05, 0.1) is 20.1 Å². The Hall–Kier alpha value is -3.16. The number of rotatable bonds is 9. The minimum absolute atomic E-state index is 0.128. The number of ether oxygens (including phenoxy) is 3. The van der Waals surface area contributed by atoms with Gasteiger partial charge >= 0.3 is 5.97 Å². The van der Waals surface area contributed by atoms with E-state index in [-0.39, 0.29) is 18.3 Å². The Labute approximate surface area is 203 Å². The topological polar surface area (TPSA) is 73.9 Å². The number of thiol groups is 1. The Balaban J connectivity index is 1.80. The third kappa shape index (κ3) is 6.66. The second kappa shape index (κ2) is 11.6. The summed E-state index contributed by atoms with van der Waals surface area (Å²) in [5.74, 6) is 1.35. The minimum atomic E-state index is -0.314. The number of benzene rings is 3. The van der Waals surface area contributed by atoms with Crippen LogP contribution in [0.4, 0.5) is 5.69 Å². The highest BCUT2D eigenvalue weighted by molar-refractivity contribution is 7.79. The molecule has 0 unspecified atom stereocenters. The van der Waals surface area contributed by atoms with Gasteiger partial charge in [0.1, 0.15) is 5.75 Å². The zero-order chi connectivity index (χ0) is 23.8. The largest absolute Gasteiger partial charge is 0.493 e. The average Bonchev–Trinajstić information content (AvgIpc) is 2.80. The smallest absolute Gasteiger partial charge is 0.310 e. The summed E-state index contributed by atoms with van der Waals surface area (Å²) in [5, 5.41) is 3.42. The minimum Gasteiger partial charge on any atom is -0.493 e. The lowest BCUT2D eigenvalue weighted by Crippen LogP contribution is -2.12. The predicted octanol–water partition coefficient (Wildman–Crippen LogP) is 5.93. The van der Waals surface area contributed by atoms with Crippen LogP contribution >= 0.6 is 24.2 Å². The van der Waals surface area contributed by atoms with Gasteiger partial charge in [-0.3, -0.25) is 9.59 Å². The first kappa shape index (κ1) is 24.5. The summed E-state index contributed by atoms with van der Waals surface area (Å²) in [6.45, 7) is 2.09. The summed E-state index contributed by atoms with van der Waals surface area (Å²) in [5.41, 5.74) is 2.61. The molecule has 33 heavy (non-hydrogen) atoms. The normalized spacial score (nSPS) is 10.4. The highest BCUT2D eigenvalue weighted by Gasteiger charge is 2.14. The van der Waals surface area contributed by atoms with Gasteiger partial charge < -0.3 is 19.5 Å². The van der Waals surface area contributed by atoms with Crippen molar-refractivity contribution in [1.82, 2.24) is 0 Å². The molecule has 0 bridgehead atoms. The molecule has 0 aliphatic rings. The first-order valence-corrected chi connectivity index (χ1v) is 11.3. The molecule has 3 aromatic carbocycles. The van der Waals surface area contributed by atoms with Crippen molar-refractivity contribution >= 4 is 41.8 Å². The fourth-order valence-electron chi connectivity index (χ4n) is 3.09. The molecule has 8 heteroatoms. The maximum atomic E-state index is 12.5. The van der Waals surface area contributed by atoms with Crippen molar-refractivity contribution in [2.45, 2.75) is 19.1 Å². The SMILES string of the molecule is CCOC(=O)Cc1ccc(OC)c(Oc2ccc(NC(=O)c3ccc(Cl)cc3)cc2CS)c1. The molecule has 0 spiro atoms. The molecule has 0 aromatic heterocycles. The van der Waals surface area contributed by atoms with Crippen LogP contribution in [-0.2, 0) is 21.7 Å². The van der Waals surface area contributed by atoms with Crippen LogP contribution in [0, 0.1) is 0 Å². The number of amides is 1. The zero-order valence-electron chi connectivity index (χ0n) is 18.3. The highest BCUT2D eigenvalue weighted by atomic mass is 35.5. The third-order valence-electron chi connectivity index (χ3n) is 4.70. The maximum absolute atomic E-state index is 12.5. The lowest BCUT2D eigenvalue weighted by molar-refractivity contribution is -0.142. The van der Waals surface area contributed by atoms with Crippen molar-refractivity contribution in [3.63, 3.8) is 0 Å². The molecule has 0 atom stereocenters. The molecular weight excluding hydrogens is 462 g/mol. The van der Waals surface area contributed by atoms with Crippen molar-refractivity contribution in [2.24, 2.45) is 0 Å². The molecule has 0 saturated heterocycles. The van der Waals surface area contributed by atoms with Crippen molar-refractivity contribution in [3.8, 4) is 17.2 Å². The van der Waals surface area contributed by atoms with Crippen LogP contribution in [-0.4, -0.2) is 25.6 Å². The molecule has 0 aliphatic heterocycles. The predicted molar refractivity (Wildman–Crippen MR) is 132 cm³/mol. The molecule has 6 nitrogen and oxygen atoms in total. The van der Waals surface area contributed by atoms with Gasteiger partial charge in [0, 0.05) is 27.6 Å². The van der Waals surface area contributed by atoms with Crippen LogP contribution in [0.25, 0.3) is 0 Å². The first-order chi connectivity index (χ1) is 15.9. The van der Waals surface area contributed by atoms with Gasteiger partial charge in [0.25, 0.3) is 5.91 Å². The second-order valence-corrected chi connectivity index (χ2v) is 7.76. The van der Waals surface area contributed by atoms with Crippen LogP contribution in [0.5, 0.6) is 17.2 Å². The van der Waals surface area contributed by atoms with Crippen molar-refractivity contribution < 1.29 is 23.8 Å². The maximum Gasteiger partial charge on any atom is 0.310 e. The van der Waals surface area contributed by atoms with Gasteiger partial charge in [-0.05, 0) is 67.1 Å². The van der Waals surface area contributed by atoms with Crippen LogP contribution in [0.1, 0.15) is 28.4 Å². The monoisotopic (exact) mass is 485 g/mol. The molecule has 0 heterocycles. The summed E-state index contributed by atoms with van der Waals surface area (Å²) in [4.78, 5) is 24.3. The van der Waals surface area contributed by atoms with E-state index in [1.807, 2.05) is 0 Å². The summed E-state index contributed by atoms with van der Waals surface area (Å²) in [6.07, 6.45) is 0.128. The fourth-order valence-corrected chi connectivity index (χ4v) is 3.47. The molecule has 0 radical (unpaired) electrons. The van der Waals surface area contributed by atoms with Crippen molar-refractivity contribution in [3.05, 3.63) is 82.4 Å². The number of hydrogen-bond acceptors (Lipinski definition) is 6. The number of nitrogens with one attached hydrogen (secondary N) is 1. The third-order valence-corrected chi connectivity index (χ3v) is 5.29. The number of carbonyl (C=O) groups excluding carboxylic acids is 2. The Morgan fingerprint density at radius 2 is 1.70 bits per heavy atom. The Bertz CT molecular complexity index is 1130. The number of carbonyl (C=O) groups is 2. The second-order valence-electron chi connectivity index (χ2n) is 7.01. The van der Waals surface area contributed by atoms with Crippen LogP contribution < -0.4 is 14.8 Å². The number of methoxy groups -OCH3 is 1. The van der Waals surface area contributed by atoms with Crippen LogP contribution in [0.2, 0.25) is 5.02 Å². The van der Waals surface area contributed by atoms with E-state index in [9.17, 15) is 9.59 Å². The fraction of sp³-hybridized carbons (Fsp3) is 0.200. The van der Waals surface area contributed by atoms with Crippen LogP contribution in [0.3, 0.4) is 0 Å². The van der Waals surface area contributed by atoms with Gasteiger partial charge in [0.2, 0.25) is 0 Å². The number of halogens is 1. The Morgan fingerprint density at radius 3 is 2.36 bits per heavy atom. The quantitative estimate of drug-likeness (QED) is 0.290. The van der Waals surface area contributed by atoms with Gasteiger partial charge in [-0.1, -0.05) is 17.7 Å². The number of hydrogen-bond donors (Lipinski definition) is 2. The average molecular weight is 486 g/mol. The standard InChI is InChI=1S/C25H24ClNO5S/c1-3-31-24(28)13-16-4-10-22(30-2)23(12-16)32-21-11-9-20(14-18(21)15-33)27-25(29)17-5-7-19(26)8-6-17/h4-12,14,33H,3,13,15H2,1-2H3,(H,27,29).